The Bertz CT molecular complexity index is 1040. The first-order chi connectivity index (χ1) is 13.5. The number of aromatic nitrogens is 2. The van der Waals surface area contributed by atoms with Gasteiger partial charge in [0, 0.05) is 18.7 Å². The van der Waals surface area contributed by atoms with Crippen molar-refractivity contribution in [2.24, 2.45) is 0 Å². The van der Waals surface area contributed by atoms with Gasteiger partial charge < -0.3 is 9.63 Å². The minimum absolute atomic E-state index is 0.239. The zero-order chi connectivity index (χ0) is 19.7. The first-order valence-corrected chi connectivity index (χ1v) is 9.05. The number of aryl methyl sites for hydroxylation is 1. The maximum absolute atomic E-state index is 13.8. The van der Waals surface area contributed by atoms with Crippen LogP contribution in [-0.4, -0.2) is 32.8 Å². The summed E-state index contributed by atoms with van der Waals surface area (Å²) in [5, 5.41) is 23.2. The van der Waals surface area contributed by atoms with Crippen molar-refractivity contribution in [2.75, 3.05) is 6.54 Å². The van der Waals surface area contributed by atoms with Crippen LogP contribution in [0, 0.1) is 24.1 Å². The van der Waals surface area contributed by atoms with Crippen LogP contribution in [0.15, 0.2) is 47.0 Å². The molecule has 0 bridgehead atoms. The van der Waals surface area contributed by atoms with E-state index >= 15 is 0 Å². The maximum atomic E-state index is 13.8. The van der Waals surface area contributed by atoms with Crippen molar-refractivity contribution in [1.82, 2.24) is 15.0 Å². The van der Waals surface area contributed by atoms with Crippen LogP contribution in [0.4, 0.5) is 4.39 Å². The van der Waals surface area contributed by atoms with Crippen molar-refractivity contribution in [3.05, 3.63) is 70.9 Å². The van der Waals surface area contributed by atoms with Crippen molar-refractivity contribution < 1.29 is 14.0 Å². The van der Waals surface area contributed by atoms with E-state index in [1.54, 1.807) is 25.1 Å². The maximum Gasteiger partial charge on any atom is 0.244 e. The highest BCUT2D eigenvalue weighted by Crippen LogP contribution is 2.33. The Morgan fingerprint density at radius 2 is 2.18 bits per heavy atom. The number of rotatable bonds is 4. The molecule has 0 aliphatic carbocycles. The molecule has 4 rings (SSSR count). The number of benzene rings is 2. The molecule has 1 fully saturated rings. The Balaban J connectivity index is 1.57. The summed E-state index contributed by atoms with van der Waals surface area (Å²) in [6.45, 7) is 2.71. The zero-order valence-electron chi connectivity index (χ0n) is 15.3. The van der Waals surface area contributed by atoms with E-state index in [9.17, 15) is 9.50 Å². The molecule has 3 aromatic rings. The lowest BCUT2D eigenvalue weighted by Gasteiger charge is -2.21. The van der Waals surface area contributed by atoms with E-state index in [4.69, 9.17) is 9.78 Å². The van der Waals surface area contributed by atoms with Crippen molar-refractivity contribution in [2.45, 2.75) is 32.0 Å². The number of aliphatic hydroxyl groups excluding tert-OH is 1. The quantitative estimate of drug-likeness (QED) is 0.749. The first-order valence-electron chi connectivity index (χ1n) is 9.05. The fraction of sp³-hybridized carbons (Fsp3) is 0.286. The fourth-order valence-electron chi connectivity index (χ4n) is 3.50. The summed E-state index contributed by atoms with van der Waals surface area (Å²) in [4.78, 5) is 6.49. The molecule has 0 saturated carbocycles. The Kier molecular flexibility index (Phi) is 4.90. The lowest BCUT2D eigenvalue weighted by Crippen LogP contribution is -2.24. The average molecular weight is 378 g/mol. The van der Waals surface area contributed by atoms with Gasteiger partial charge in [0.1, 0.15) is 5.82 Å². The van der Waals surface area contributed by atoms with Crippen molar-refractivity contribution in [3.8, 4) is 17.5 Å². The van der Waals surface area contributed by atoms with Gasteiger partial charge in [0.2, 0.25) is 11.7 Å². The summed E-state index contributed by atoms with van der Waals surface area (Å²) in [7, 11) is 0. The lowest BCUT2D eigenvalue weighted by molar-refractivity contribution is 0.169. The Morgan fingerprint density at radius 1 is 1.32 bits per heavy atom. The number of nitriles is 1. The molecule has 1 aromatic heterocycles. The third-order valence-corrected chi connectivity index (χ3v) is 4.98. The van der Waals surface area contributed by atoms with E-state index in [1.165, 1.54) is 6.07 Å². The van der Waals surface area contributed by atoms with Crippen molar-refractivity contribution >= 4 is 0 Å². The summed E-state index contributed by atoms with van der Waals surface area (Å²) in [5.41, 5.74) is 2.66. The molecular weight excluding hydrogens is 359 g/mol. The van der Waals surface area contributed by atoms with E-state index in [0.717, 1.165) is 5.56 Å². The zero-order valence-corrected chi connectivity index (χ0v) is 15.3. The van der Waals surface area contributed by atoms with Crippen LogP contribution in [0.2, 0.25) is 0 Å². The molecule has 2 unspecified atom stereocenters. The molecule has 1 N–H and O–H groups in total. The van der Waals surface area contributed by atoms with Gasteiger partial charge >= 0.3 is 0 Å². The highest BCUT2D eigenvalue weighted by molar-refractivity contribution is 5.55. The molecule has 2 atom stereocenters. The van der Waals surface area contributed by atoms with Gasteiger partial charge in [-0.25, -0.2) is 4.39 Å². The summed E-state index contributed by atoms with van der Waals surface area (Å²) in [6.07, 6.45) is -0.0294. The molecule has 0 radical (unpaired) electrons. The van der Waals surface area contributed by atoms with Gasteiger partial charge in [0.25, 0.3) is 0 Å². The van der Waals surface area contributed by atoms with Crippen LogP contribution in [-0.2, 0) is 6.54 Å². The molecule has 7 heteroatoms. The Morgan fingerprint density at radius 3 is 2.96 bits per heavy atom. The topological polar surface area (TPSA) is 86.2 Å². The fourth-order valence-corrected chi connectivity index (χ4v) is 3.50. The second-order valence-corrected chi connectivity index (χ2v) is 7.07. The number of hydrogen-bond donors (Lipinski definition) is 1. The number of nitrogens with zero attached hydrogens (tertiary/aromatic N) is 4. The number of β-amino-alcohol motifs (C(OH)–C–C–N with tert-alkyl or cyclic N) is 1. The summed E-state index contributed by atoms with van der Waals surface area (Å²) in [6, 6.07) is 14.1. The third kappa shape index (κ3) is 3.65. The van der Waals surface area contributed by atoms with Gasteiger partial charge in [-0.3, -0.25) is 4.90 Å². The van der Waals surface area contributed by atoms with Crippen LogP contribution in [0.5, 0.6) is 0 Å². The van der Waals surface area contributed by atoms with Gasteiger partial charge in [-0.05, 0) is 42.7 Å². The molecule has 2 heterocycles. The largest absolute Gasteiger partial charge is 0.392 e. The predicted octanol–water partition coefficient (Wildman–Crippen LogP) is 3.36. The van der Waals surface area contributed by atoms with Gasteiger partial charge in [0.05, 0.1) is 23.8 Å². The van der Waals surface area contributed by atoms with E-state index in [2.05, 4.69) is 16.2 Å². The normalized spacial score (nSPS) is 19.6. The highest BCUT2D eigenvalue weighted by atomic mass is 19.1. The molecule has 142 valence electrons. The summed E-state index contributed by atoms with van der Waals surface area (Å²) in [5.74, 6) is 0.393. The van der Waals surface area contributed by atoms with Crippen LogP contribution in [0.1, 0.15) is 35.0 Å². The van der Waals surface area contributed by atoms with Crippen molar-refractivity contribution in [3.63, 3.8) is 0 Å². The third-order valence-electron chi connectivity index (χ3n) is 4.98. The molecular formula is C21H19FN4O2. The van der Waals surface area contributed by atoms with Crippen molar-refractivity contribution in [1.29, 1.82) is 5.26 Å². The molecule has 1 saturated heterocycles. The summed E-state index contributed by atoms with van der Waals surface area (Å²) < 4.78 is 19.3. The Hall–Kier alpha value is -3.08. The SMILES string of the molecule is Cc1ccc(-c2noc(C3CC(O)CN3Cc3cccc(C#N)c3)n2)cc1F. The molecule has 0 amide bonds. The number of halogens is 1. The van der Waals surface area contributed by atoms with Crippen LogP contribution >= 0.6 is 0 Å². The predicted molar refractivity (Wildman–Crippen MR) is 99.4 cm³/mol. The Labute approximate surface area is 161 Å². The van der Waals surface area contributed by atoms with Gasteiger partial charge in [-0.15, -0.1) is 0 Å². The standard InChI is InChI=1S/C21H19FN4O2/c1-13-5-6-16(8-18(13)22)20-24-21(28-25-20)19-9-17(27)12-26(19)11-15-4-2-3-14(7-15)10-23/h2-8,17,19,27H,9,11-12H2,1H3. The van der Waals surface area contributed by atoms with E-state index < -0.39 is 6.10 Å². The highest BCUT2D eigenvalue weighted by Gasteiger charge is 2.36. The smallest absolute Gasteiger partial charge is 0.244 e. The van der Waals surface area contributed by atoms with Crippen LogP contribution < -0.4 is 0 Å². The summed E-state index contributed by atoms with van der Waals surface area (Å²) >= 11 is 0. The molecule has 2 aromatic carbocycles. The van der Waals surface area contributed by atoms with Gasteiger partial charge in [0.15, 0.2) is 0 Å². The number of hydrogen-bond acceptors (Lipinski definition) is 6. The van der Waals surface area contributed by atoms with Gasteiger partial charge in [-0.1, -0.05) is 29.4 Å². The van der Waals surface area contributed by atoms with Gasteiger partial charge in [-0.2, -0.15) is 10.2 Å². The van der Waals surface area contributed by atoms with E-state index in [1.807, 2.05) is 23.1 Å². The minimum Gasteiger partial charge on any atom is -0.392 e. The molecule has 0 spiro atoms. The molecule has 28 heavy (non-hydrogen) atoms. The second kappa shape index (κ2) is 7.50. The van der Waals surface area contributed by atoms with Crippen LogP contribution in [0.25, 0.3) is 11.4 Å². The average Bonchev–Trinajstić information content (AvgIpc) is 3.31. The number of aliphatic hydroxyl groups is 1. The minimum atomic E-state index is -0.503. The first kappa shape index (κ1) is 18.3. The molecule has 1 aliphatic rings. The van der Waals surface area contributed by atoms with E-state index in [0.29, 0.717) is 47.9 Å². The van der Waals surface area contributed by atoms with Crippen LogP contribution in [0.3, 0.4) is 0 Å². The number of likely N-dealkylation sites (tertiary alicyclic amines) is 1. The second-order valence-electron chi connectivity index (χ2n) is 7.07. The molecule has 1 aliphatic heterocycles. The van der Waals surface area contributed by atoms with E-state index in [-0.39, 0.29) is 11.9 Å². The molecule has 6 nitrogen and oxygen atoms in total. The monoisotopic (exact) mass is 378 g/mol. The lowest BCUT2D eigenvalue weighted by atomic mass is 10.1.